The first-order chi connectivity index (χ1) is 11.8. The summed E-state index contributed by atoms with van der Waals surface area (Å²) in [6, 6.07) is 4.43. The molecule has 1 aromatic rings. The smallest absolute Gasteiger partial charge is 0.466 e. The van der Waals surface area contributed by atoms with Crippen molar-refractivity contribution in [3.05, 3.63) is 24.3 Å². The minimum Gasteiger partial charge on any atom is -0.466 e. The molecule has 1 atom stereocenters. The molecule has 138 valence electrons. The number of hydrogen-bond acceptors (Lipinski definition) is 4. The molecule has 2 amide bonds. The number of ether oxygens (including phenoxy) is 2. The molecule has 1 saturated heterocycles. The summed E-state index contributed by atoms with van der Waals surface area (Å²) in [5.41, 5.74) is 0.331. The molecule has 0 bridgehead atoms. The molecule has 1 N–H and O–H groups in total. The van der Waals surface area contributed by atoms with Crippen LogP contribution in [-0.2, 0) is 9.53 Å². The minimum absolute atomic E-state index is 0.250. The molecule has 25 heavy (non-hydrogen) atoms. The third kappa shape index (κ3) is 5.84. The van der Waals surface area contributed by atoms with Crippen molar-refractivity contribution in [3.8, 4) is 5.75 Å². The summed E-state index contributed by atoms with van der Waals surface area (Å²) < 4.78 is 45.1. The van der Waals surface area contributed by atoms with E-state index in [4.69, 9.17) is 4.74 Å². The summed E-state index contributed by atoms with van der Waals surface area (Å²) in [4.78, 5) is 25.5. The van der Waals surface area contributed by atoms with Crippen LogP contribution in [0.1, 0.15) is 19.8 Å². The molecule has 0 spiro atoms. The number of anilines is 1. The Morgan fingerprint density at radius 1 is 1.28 bits per heavy atom. The van der Waals surface area contributed by atoms with Crippen molar-refractivity contribution in [1.29, 1.82) is 0 Å². The van der Waals surface area contributed by atoms with Crippen LogP contribution in [0.5, 0.6) is 5.75 Å². The van der Waals surface area contributed by atoms with E-state index in [-0.39, 0.29) is 30.8 Å². The Hall–Kier alpha value is -2.45. The maximum atomic E-state index is 12.3. The minimum atomic E-state index is -4.76. The number of alkyl halides is 3. The number of carbonyl (C=O) groups is 2. The lowest BCUT2D eigenvalue weighted by atomic mass is 9.98. The first-order valence-electron chi connectivity index (χ1n) is 7.87. The third-order valence-electron chi connectivity index (χ3n) is 3.67. The quantitative estimate of drug-likeness (QED) is 0.836. The fourth-order valence-electron chi connectivity index (χ4n) is 2.56. The van der Waals surface area contributed by atoms with Gasteiger partial charge in [0.05, 0.1) is 12.5 Å². The standard InChI is InChI=1S/C16H19F3N2O4/c1-2-24-14(22)11-4-3-9-21(10-11)15(23)20-12-5-7-13(8-6-12)25-16(17,18)19/h5-8,11H,2-4,9-10H2,1H3,(H,20,23)/t11-/m0/s1. The number of carbonyl (C=O) groups excluding carboxylic acids is 2. The van der Waals surface area contributed by atoms with Crippen LogP contribution in [0.15, 0.2) is 24.3 Å². The number of halogens is 3. The summed E-state index contributed by atoms with van der Waals surface area (Å²) in [5.74, 6) is -1.05. The monoisotopic (exact) mass is 360 g/mol. The van der Waals surface area contributed by atoms with E-state index in [1.54, 1.807) is 6.92 Å². The third-order valence-corrected chi connectivity index (χ3v) is 3.67. The van der Waals surface area contributed by atoms with E-state index < -0.39 is 12.4 Å². The van der Waals surface area contributed by atoms with E-state index in [1.165, 1.54) is 17.0 Å². The predicted octanol–water partition coefficient (Wildman–Crippen LogP) is 3.39. The van der Waals surface area contributed by atoms with Crippen molar-refractivity contribution in [2.75, 3.05) is 25.0 Å². The van der Waals surface area contributed by atoms with Gasteiger partial charge in [0, 0.05) is 18.8 Å². The van der Waals surface area contributed by atoms with E-state index in [0.717, 1.165) is 12.1 Å². The zero-order valence-corrected chi connectivity index (χ0v) is 13.6. The van der Waals surface area contributed by atoms with Crippen LogP contribution in [0, 0.1) is 5.92 Å². The van der Waals surface area contributed by atoms with E-state index in [2.05, 4.69) is 10.1 Å². The summed E-state index contributed by atoms with van der Waals surface area (Å²) >= 11 is 0. The first-order valence-corrected chi connectivity index (χ1v) is 7.87. The van der Waals surface area contributed by atoms with Crippen LogP contribution in [0.3, 0.4) is 0 Å². The largest absolute Gasteiger partial charge is 0.573 e. The summed E-state index contributed by atoms with van der Waals surface area (Å²) in [5, 5.41) is 2.59. The SMILES string of the molecule is CCOC(=O)[C@H]1CCCN(C(=O)Nc2ccc(OC(F)(F)F)cc2)C1. The number of piperidine rings is 1. The average molecular weight is 360 g/mol. The van der Waals surface area contributed by atoms with Crippen molar-refractivity contribution in [1.82, 2.24) is 4.90 Å². The molecule has 1 fully saturated rings. The maximum absolute atomic E-state index is 12.3. The van der Waals surface area contributed by atoms with E-state index in [1.807, 2.05) is 0 Å². The van der Waals surface area contributed by atoms with Crippen LogP contribution >= 0.6 is 0 Å². The molecule has 0 aliphatic carbocycles. The molecule has 1 heterocycles. The molecular weight excluding hydrogens is 341 g/mol. The Balaban J connectivity index is 1.91. The lowest BCUT2D eigenvalue weighted by Gasteiger charge is -2.31. The first kappa shape index (κ1) is 18.9. The maximum Gasteiger partial charge on any atom is 0.573 e. The highest BCUT2D eigenvalue weighted by Crippen LogP contribution is 2.24. The van der Waals surface area contributed by atoms with Crippen LogP contribution in [0.25, 0.3) is 0 Å². The van der Waals surface area contributed by atoms with Crippen molar-refractivity contribution in [2.24, 2.45) is 5.92 Å². The normalized spacial score (nSPS) is 17.8. The van der Waals surface area contributed by atoms with Crippen LogP contribution in [0.4, 0.5) is 23.7 Å². The van der Waals surface area contributed by atoms with Gasteiger partial charge in [-0.25, -0.2) is 4.79 Å². The summed E-state index contributed by atoms with van der Waals surface area (Å²) in [6.45, 7) is 2.75. The molecule has 1 aliphatic heterocycles. The average Bonchev–Trinajstić information content (AvgIpc) is 2.55. The molecule has 0 unspecified atom stereocenters. The number of benzene rings is 1. The molecule has 0 radical (unpaired) electrons. The molecule has 0 saturated carbocycles. The van der Waals surface area contributed by atoms with Gasteiger partial charge in [0.15, 0.2) is 0 Å². The second kappa shape index (κ2) is 8.09. The van der Waals surface area contributed by atoms with Gasteiger partial charge in [-0.2, -0.15) is 0 Å². The van der Waals surface area contributed by atoms with Gasteiger partial charge in [-0.05, 0) is 44.0 Å². The summed E-state index contributed by atoms with van der Waals surface area (Å²) in [7, 11) is 0. The van der Waals surface area contributed by atoms with Gasteiger partial charge in [-0.1, -0.05) is 0 Å². The van der Waals surface area contributed by atoms with Crippen molar-refractivity contribution in [3.63, 3.8) is 0 Å². The Morgan fingerprint density at radius 3 is 2.56 bits per heavy atom. The van der Waals surface area contributed by atoms with E-state index in [0.29, 0.717) is 25.1 Å². The second-order valence-electron chi connectivity index (χ2n) is 5.54. The Bertz CT molecular complexity index is 604. The van der Waals surface area contributed by atoms with Gasteiger partial charge in [-0.3, -0.25) is 4.79 Å². The fourth-order valence-corrected chi connectivity index (χ4v) is 2.56. The van der Waals surface area contributed by atoms with Gasteiger partial charge in [0.25, 0.3) is 0 Å². The van der Waals surface area contributed by atoms with Crippen molar-refractivity contribution in [2.45, 2.75) is 26.1 Å². The Morgan fingerprint density at radius 2 is 1.96 bits per heavy atom. The zero-order valence-electron chi connectivity index (χ0n) is 13.6. The molecule has 9 heteroatoms. The number of urea groups is 1. The van der Waals surface area contributed by atoms with Crippen LogP contribution in [0.2, 0.25) is 0 Å². The number of nitrogens with zero attached hydrogens (tertiary/aromatic N) is 1. The van der Waals surface area contributed by atoms with E-state index >= 15 is 0 Å². The number of amides is 2. The van der Waals surface area contributed by atoms with E-state index in [9.17, 15) is 22.8 Å². The van der Waals surface area contributed by atoms with Crippen LogP contribution < -0.4 is 10.1 Å². The Labute approximate surface area is 142 Å². The molecule has 1 aliphatic rings. The highest BCUT2D eigenvalue weighted by molar-refractivity contribution is 5.89. The van der Waals surface area contributed by atoms with Gasteiger partial charge in [0.2, 0.25) is 0 Å². The van der Waals surface area contributed by atoms with Crippen molar-refractivity contribution < 1.29 is 32.2 Å². The number of esters is 1. The van der Waals surface area contributed by atoms with Gasteiger partial charge in [0.1, 0.15) is 5.75 Å². The number of nitrogens with one attached hydrogen (secondary N) is 1. The van der Waals surface area contributed by atoms with Crippen LogP contribution in [-0.4, -0.2) is 43.0 Å². The number of likely N-dealkylation sites (tertiary alicyclic amines) is 1. The van der Waals surface area contributed by atoms with Crippen molar-refractivity contribution >= 4 is 17.7 Å². The zero-order chi connectivity index (χ0) is 18.4. The fraction of sp³-hybridized carbons (Fsp3) is 0.500. The second-order valence-corrected chi connectivity index (χ2v) is 5.54. The molecule has 0 aromatic heterocycles. The predicted molar refractivity (Wildman–Crippen MR) is 83.1 cm³/mol. The highest BCUT2D eigenvalue weighted by Gasteiger charge is 2.31. The van der Waals surface area contributed by atoms with Gasteiger partial charge >= 0.3 is 18.4 Å². The number of rotatable bonds is 4. The molecule has 6 nitrogen and oxygen atoms in total. The van der Waals surface area contributed by atoms with Gasteiger partial charge < -0.3 is 19.7 Å². The Kier molecular flexibility index (Phi) is 6.11. The van der Waals surface area contributed by atoms with Gasteiger partial charge in [-0.15, -0.1) is 13.2 Å². The topological polar surface area (TPSA) is 67.9 Å². The lowest BCUT2D eigenvalue weighted by Crippen LogP contribution is -2.44. The molecular formula is C16H19F3N2O4. The number of hydrogen-bond donors (Lipinski definition) is 1. The highest BCUT2D eigenvalue weighted by atomic mass is 19.4. The molecule has 1 aromatic carbocycles. The lowest BCUT2D eigenvalue weighted by molar-refractivity contribution is -0.274. The summed E-state index contributed by atoms with van der Waals surface area (Å²) in [6.07, 6.45) is -3.43. The molecule has 2 rings (SSSR count).